The average Bonchev–Trinajstić information content (AvgIpc) is 2.58. The first-order chi connectivity index (χ1) is 5.47. The third-order valence-electron chi connectivity index (χ3n) is 2.57. The fourth-order valence-electron chi connectivity index (χ4n) is 1.91. The van der Waals surface area contributed by atoms with Crippen LogP contribution in [0.2, 0.25) is 0 Å². The molecule has 0 N–H and O–H groups in total. The molecule has 1 atom stereocenters. The Bertz CT molecular complexity index is 175. The minimum absolute atomic E-state index is 0.711. The predicted octanol–water partition coefficient (Wildman–Crippen LogP) is 1.97. The molecule has 0 aromatic heterocycles. The molecule has 60 valence electrons. The van der Waals surface area contributed by atoms with Crippen molar-refractivity contribution in [3.63, 3.8) is 0 Å². The molecular formula is C10H15N. The standard InChI is InChI=1S/C10H15N/c1-2-6-10(7-3-1)11-8-4-5-9-11/h1-3,6,10H,4-5,7-9H2. The van der Waals surface area contributed by atoms with E-state index in [9.17, 15) is 0 Å². The van der Waals surface area contributed by atoms with Crippen molar-refractivity contribution in [1.82, 2.24) is 4.90 Å². The van der Waals surface area contributed by atoms with Crippen molar-refractivity contribution in [2.75, 3.05) is 13.1 Å². The van der Waals surface area contributed by atoms with Gasteiger partial charge in [-0.15, -0.1) is 0 Å². The molecule has 1 fully saturated rings. The highest BCUT2D eigenvalue weighted by atomic mass is 15.2. The molecule has 1 saturated heterocycles. The molecule has 2 aliphatic rings. The number of hydrogen-bond donors (Lipinski definition) is 0. The van der Waals surface area contributed by atoms with Crippen LogP contribution in [0.5, 0.6) is 0 Å². The Morgan fingerprint density at radius 1 is 1.09 bits per heavy atom. The zero-order chi connectivity index (χ0) is 7.52. The van der Waals surface area contributed by atoms with Crippen molar-refractivity contribution in [1.29, 1.82) is 0 Å². The van der Waals surface area contributed by atoms with Gasteiger partial charge in [0.25, 0.3) is 0 Å². The first-order valence-electron chi connectivity index (χ1n) is 4.54. The number of allylic oxidation sites excluding steroid dienone is 2. The van der Waals surface area contributed by atoms with Gasteiger partial charge in [-0.3, -0.25) is 4.90 Å². The van der Waals surface area contributed by atoms with E-state index in [0.29, 0.717) is 6.04 Å². The molecular weight excluding hydrogens is 134 g/mol. The lowest BCUT2D eigenvalue weighted by atomic mass is 10.1. The first-order valence-corrected chi connectivity index (χ1v) is 4.54. The van der Waals surface area contributed by atoms with Gasteiger partial charge in [0, 0.05) is 6.04 Å². The van der Waals surface area contributed by atoms with Gasteiger partial charge in [0.05, 0.1) is 0 Å². The second-order valence-corrected chi connectivity index (χ2v) is 3.36. The van der Waals surface area contributed by atoms with E-state index in [1.165, 1.54) is 32.4 Å². The Balaban J connectivity index is 1.94. The molecule has 1 heteroatoms. The summed E-state index contributed by atoms with van der Waals surface area (Å²) in [5.74, 6) is 0. The van der Waals surface area contributed by atoms with Crippen LogP contribution >= 0.6 is 0 Å². The summed E-state index contributed by atoms with van der Waals surface area (Å²) >= 11 is 0. The molecule has 1 nitrogen and oxygen atoms in total. The van der Waals surface area contributed by atoms with E-state index in [4.69, 9.17) is 0 Å². The maximum Gasteiger partial charge on any atom is 0.0315 e. The fraction of sp³-hybridized carbons (Fsp3) is 0.600. The molecule has 0 bridgehead atoms. The van der Waals surface area contributed by atoms with Gasteiger partial charge in [0.1, 0.15) is 0 Å². The highest BCUT2D eigenvalue weighted by molar-refractivity contribution is 5.14. The monoisotopic (exact) mass is 149 g/mol. The van der Waals surface area contributed by atoms with Crippen LogP contribution in [0.3, 0.4) is 0 Å². The fourth-order valence-corrected chi connectivity index (χ4v) is 1.91. The van der Waals surface area contributed by atoms with Crippen molar-refractivity contribution in [3.8, 4) is 0 Å². The zero-order valence-electron chi connectivity index (χ0n) is 6.87. The summed E-state index contributed by atoms with van der Waals surface area (Å²) in [7, 11) is 0. The molecule has 1 unspecified atom stereocenters. The van der Waals surface area contributed by atoms with E-state index in [1.54, 1.807) is 0 Å². The smallest absolute Gasteiger partial charge is 0.0315 e. The highest BCUT2D eigenvalue weighted by Crippen LogP contribution is 2.17. The Morgan fingerprint density at radius 2 is 1.91 bits per heavy atom. The van der Waals surface area contributed by atoms with Gasteiger partial charge in [-0.1, -0.05) is 24.3 Å². The second kappa shape index (κ2) is 3.22. The largest absolute Gasteiger partial charge is 0.297 e. The van der Waals surface area contributed by atoms with Crippen LogP contribution in [0, 0.1) is 0 Å². The molecule has 1 aliphatic heterocycles. The van der Waals surface area contributed by atoms with Crippen LogP contribution in [0.4, 0.5) is 0 Å². The molecule has 0 spiro atoms. The predicted molar refractivity (Wildman–Crippen MR) is 47.5 cm³/mol. The SMILES string of the molecule is C1=CCC(N2CCCC2)C=C1. The topological polar surface area (TPSA) is 3.24 Å². The van der Waals surface area contributed by atoms with E-state index in [1.807, 2.05) is 0 Å². The average molecular weight is 149 g/mol. The highest BCUT2D eigenvalue weighted by Gasteiger charge is 2.18. The number of rotatable bonds is 1. The molecule has 0 amide bonds. The molecule has 0 aromatic rings. The van der Waals surface area contributed by atoms with Crippen LogP contribution in [-0.2, 0) is 0 Å². The van der Waals surface area contributed by atoms with Gasteiger partial charge in [-0.25, -0.2) is 0 Å². The maximum absolute atomic E-state index is 2.58. The van der Waals surface area contributed by atoms with Crippen molar-refractivity contribution < 1.29 is 0 Å². The molecule has 2 rings (SSSR count). The Labute approximate surface area is 68.4 Å². The van der Waals surface area contributed by atoms with Crippen molar-refractivity contribution in [2.45, 2.75) is 25.3 Å². The Morgan fingerprint density at radius 3 is 2.55 bits per heavy atom. The van der Waals surface area contributed by atoms with E-state index in [2.05, 4.69) is 29.2 Å². The lowest BCUT2D eigenvalue weighted by Gasteiger charge is -2.24. The number of nitrogens with zero attached hydrogens (tertiary/aromatic N) is 1. The summed E-state index contributed by atoms with van der Waals surface area (Å²) in [6, 6.07) is 0.711. The molecule has 11 heavy (non-hydrogen) atoms. The Kier molecular flexibility index (Phi) is 2.08. The summed E-state index contributed by atoms with van der Waals surface area (Å²) in [5, 5.41) is 0. The normalized spacial score (nSPS) is 31.5. The third kappa shape index (κ3) is 1.54. The lowest BCUT2D eigenvalue weighted by Crippen LogP contribution is -2.31. The van der Waals surface area contributed by atoms with Crippen LogP contribution in [0.15, 0.2) is 24.3 Å². The number of hydrogen-bond acceptors (Lipinski definition) is 1. The zero-order valence-corrected chi connectivity index (χ0v) is 6.87. The first kappa shape index (κ1) is 7.11. The molecule has 0 saturated carbocycles. The summed E-state index contributed by atoms with van der Waals surface area (Å²) in [4.78, 5) is 2.58. The van der Waals surface area contributed by atoms with Gasteiger partial charge in [-0.05, 0) is 32.4 Å². The van der Waals surface area contributed by atoms with Crippen LogP contribution < -0.4 is 0 Å². The summed E-state index contributed by atoms with van der Waals surface area (Å²) in [5.41, 5.74) is 0. The number of likely N-dealkylation sites (tertiary alicyclic amines) is 1. The van der Waals surface area contributed by atoms with Crippen LogP contribution in [0.25, 0.3) is 0 Å². The van der Waals surface area contributed by atoms with E-state index in [0.717, 1.165) is 0 Å². The molecule has 0 radical (unpaired) electrons. The molecule has 0 aromatic carbocycles. The van der Waals surface area contributed by atoms with Crippen molar-refractivity contribution >= 4 is 0 Å². The van der Waals surface area contributed by atoms with Gasteiger partial charge < -0.3 is 0 Å². The minimum atomic E-state index is 0.711. The summed E-state index contributed by atoms with van der Waals surface area (Å²) in [6.45, 7) is 2.62. The van der Waals surface area contributed by atoms with Gasteiger partial charge >= 0.3 is 0 Å². The molecule has 1 heterocycles. The summed E-state index contributed by atoms with van der Waals surface area (Å²) < 4.78 is 0. The maximum atomic E-state index is 2.58. The third-order valence-corrected chi connectivity index (χ3v) is 2.57. The molecule has 1 aliphatic carbocycles. The van der Waals surface area contributed by atoms with E-state index < -0.39 is 0 Å². The van der Waals surface area contributed by atoms with E-state index in [-0.39, 0.29) is 0 Å². The van der Waals surface area contributed by atoms with Crippen molar-refractivity contribution in [3.05, 3.63) is 24.3 Å². The second-order valence-electron chi connectivity index (χ2n) is 3.36. The van der Waals surface area contributed by atoms with Crippen LogP contribution in [0.1, 0.15) is 19.3 Å². The van der Waals surface area contributed by atoms with Gasteiger partial charge in [-0.2, -0.15) is 0 Å². The minimum Gasteiger partial charge on any atom is -0.297 e. The Hall–Kier alpha value is -0.560. The summed E-state index contributed by atoms with van der Waals surface area (Å²) in [6.07, 6.45) is 12.9. The van der Waals surface area contributed by atoms with E-state index >= 15 is 0 Å². The van der Waals surface area contributed by atoms with Gasteiger partial charge in [0.2, 0.25) is 0 Å². The van der Waals surface area contributed by atoms with Crippen LogP contribution in [-0.4, -0.2) is 24.0 Å². The lowest BCUT2D eigenvalue weighted by molar-refractivity contribution is 0.284. The van der Waals surface area contributed by atoms with Gasteiger partial charge in [0.15, 0.2) is 0 Å². The van der Waals surface area contributed by atoms with Crippen molar-refractivity contribution in [2.24, 2.45) is 0 Å². The quantitative estimate of drug-likeness (QED) is 0.551.